The molecule has 3 rings (SSSR count). The van der Waals surface area contributed by atoms with Gasteiger partial charge in [0.05, 0.1) is 17.6 Å². The maximum Gasteiger partial charge on any atom is 0.115 e. The predicted molar refractivity (Wildman–Crippen MR) is 90.9 cm³/mol. The number of phenols is 1. The standard InChI is InChI=1S/C18H15ClN2O/c1-13-4-5-14(19)11-18(13)20-12-16-3-2-10-21(16)15-6-8-17(22)9-7-15/h2-12,22H,1H3. The molecule has 1 N–H and O–H groups in total. The van der Waals surface area contributed by atoms with Gasteiger partial charge in [0.1, 0.15) is 5.75 Å². The number of aliphatic imine (C=N–C) groups is 1. The number of nitrogens with zero attached hydrogens (tertiary/aromatic N) is 2. The zero-order valence-corrected chi connectivity index (χ0v) is 12.8. The van der Waals surface area contributed by atoms with Crippen LogP contribution in [0.15, 0.2) is 65.8 Å². The van der Waals surface area contributed by atoms with Crippen LogP contribution in [0.2, 0.25) is 5.02 Å². The lowest BCUT2D eigenvalue weighted by molar-refractivity contribution is 0.475. The second-order valence-corrected chi connectivity index (χ2v) is 5.44. The van der Waals surface area contributed by atoms with Crippen molar-refractivity contribution in [2.45, 2.75) is 6.92 Å². The van der Waals surface area contributed by atoms with Crippen LogP contribution in [0.4, 0.5) is 5.69 Å². The second-order valence-electron chi connectivity index (χ2n) is 5.01. The van der Waals surface area contributed by atoms with Gasteiger partial charge < -0.3 is 9.67 Å². The van der Waals surface area contributed by atoms with Gasteiger partial charge in [-0.3, -0.25) is 4.99 Å². The molecule has 0 spiro atoms. The molecule has 0 unspecified atom stereocenters. The average molecular weight is 311 g/mol. The normalized spacial score (nSPS) is 11.2. The lowest BCUT2D eigenvalue weighted by Crippen LogP contribution is -1.97. The Labute approximate surface area is 134 Å². The minimum atomic E-state index is 0.251. The molecule has 0 radical (unpaired) electrons. The average Bonchev–Trinajstić information content (AvgIpc) is 2.97. The fraction of sp³-hybridized carbons (Fsp3) is 0.0556. The van der Waals surface area contributed by atoms with Gasteiger partial charge in [-0.1, -0.05) is 17.7 Å². The van der Waals surface area contributed by atoms with Crippen molar-refractivity contribution in [1.29, 1.82) is 0 Å². The molecule has 3 aromatic rings. The Bertz CT molecular complexity index is 819. The van der Waals surface area contributed by atoms with Crippen molar-refractivity contribution in [2.75, 3.05) is 0 Å². The number of rotatable bonds is 3. The Hall–Kier alpha value is -2.52. The first-order valence-electron chi connectivity index (χ1n) is 6.90. The molecule has 0 saturated heterocycles. The Morgan fingerprint density at radius 3 is 2.64 bits per heavy atom. The number of benzene rings is 2. The van der Waals surface area contributed by atoms with Crippen molar-refractivity contribution >= 4 is 23.5 Å². The van der Waals surface area contributed by atoms with Crippen LogP contribution in [0.5, 0.6) is 5.75 Å². The fourth-order valence-corrected chi connectivity index (χ4v) is 2.37. The summed E-state index contributed by atoms with van der Waals surface area (Å²) in [6, 6.07) is 16.6. The summed E-state index contributed by atoms with van der Waals surface area (Å²) in [7, 11) is 0. The molecule has 0 fully saturated rings. The molecule has 3 nitrogen and oxygen atoms in total. The van der Waals surface area contributed by atoms with Crippen LogP contribution >= 0.6 is 11.6 Å². The number of aromatic hydroxyl groups is 1. The highest BCUT2D eigenvalue weighted by Crippen LogP contribution is 2.23. The molecule has 4 heteroatoms. The van der Waals surface area contributed by atoms with Gasteiger partial charge in [-0.25, -0.2) is 0 Å². The largest absolute Gasteiger partial charge is 0.508 e. The lowest BCUT2D eigenvalue weighted by atomic mass is 10.2. The van der Waals surface area contributed by atoms with Gasteiger partial charge in [0, 0.05) is 16.9 Å². The molecule has 0 aliphatic heterocycles. The van der Waals surface area contributed by atoms with Gasteiger partial charge in [0.15, 0.2) is 0 Å². The van der Waals surface area contributed by atoms with E-state index in [1.54, 1.807) is 12.1 Å². The molecule has 1 aromatic heterocycles. The Kier molecular flexibility index (Phi) is 3.98. The SMILES string of the molecule is Cc1ccc(Cl)cc1N=Cc1cccn1-c1ccc(O)cc1. The number of phenolic OH excluding ortho intramolecular Hbond substituents is 1. The minimum absolute atomic E-state index is 0.251. The third-order valence-electron chi connectivity index (χ3n) is 3.42. The molecule has 22 heavy (non-hydrogen) atoms. The third-order valence-corrected chi connectivity index (χ3v) is 3.65. The van der Waals surface area contributed by atoms with Crippen molar-refractivity contribution in [3.8, 4) is 11.4 Å². The van der Waals surface area contributed by atoms with E-state index < -0.39 is 0 Å². The summed E-state index contributed by atoms with van der Waals surface area (Å²) in [6.45, 7) is 2.00. The molecule has 1 heterocycles. The number of hydrogen-bond acceptors (Lipinski definition) is 2. The van der Waals surface area contributed by atoms with E-state index in [4.69, 9.17) is 11.6 Å². The van der Waals surface area contributed by atoms with E-state index in [1.165, 1.54) is 0 Å². The van der Waals surface area contributed by atoms with E-state index in [0.29, 0.717) is 5.02 Å². The summed E-state index contributed by atoms with van der Waals surface area (Å²) in [5.74, 6) is 0.251. The quantitative estimate of drug-likeness (QED) is 0.687. The molecular formula is C18H15ClN2O. The molecule has 0 atom stereocenters. The smallest absolute Gasteiger partial charge is 0.115 e. The summed E-state index contributed by atoms with van der Waals surface area (Å²) in [5.41, 5.74) is 3.84. The monoisotopic (exact) mass is 310 g/mol. The first kappa shape index (κ1) is 14.4. The van der Waals surface area contributed by atoms with Crippen LogP contribution in [0, 0.1) is 6.92 Å². The van der Waals surface area contributed by atoms with Crippen LogP contribution in [0.25, 0.3) is 5.69 Å². The van der Waals surface area contributed by atoms with Crippen molar-refractivity contribution in [3.05, 3.63) is 77.1 Å². The van der Waals surface area contributed by atoms with E-state index in [-0.39, 0.29) is 5.75 Å². The molecule has 110 valence electrons. The Morgan fingerprint density at radius 1 is 1.09 bits per heavy atom. The Morgan fingerprint density at radius 2 is 1.86 bits per heavy atom. The fourth-order valence-electron chi connectivity index (χ4n) is 2.20. The Balaban J connectivity index is 1.94. The zero-order chi connectivity index (χ0) is 15.5. The summed E-state index contributed by atoms with van der Waals surface area (Å²) >= 11 is 6.02. The van der Waals surface area contributed by atoms with E-state index in [0.717, 1.165) is 22.6 Å². The van der Waals surface area contributed by atoms with Crippen molar-refractivity contribution in [3.63, 3.8) is 0 Å². The molecule has 0 bridgehead atoms. The number of hydrogen-bond donors (Lipinski definition) is 1. The molecule has 2 aromatic carbocycles. The van der Waals surface area contributed by atoms with Gasteiger partial charge in [-0.2, -0.15) is 0 Å². The predicted octanol–water partition coefficient (Wildman–Crippen LogP) is 4.90. The maximum atomic E-state index is 9.38. The molecule has 0 amide bonds. The van der Waals surface area contributed by atoms with Gasteiger partial charge >= 0.3 is 0 Å². The van der Waals surface area contributed by atoms with Crippen molar-refractivity contribution in [2.24, 2.45) is 4.99 Å². The first-order valence-corrected chi connectivity index (χ1v) is 7.28. The minimum Gasteiger partial charge on any atom is -0.508 e. The van der Waals surface area contributed by atoms with Gasteiger partial charge in [-0.05, 0) is 61.0 Å². The topological polar surface area (TPSA) is 37.5 Å². The van der Waals surface area contributed by atoms with Crippen LogP contribution in [-0.4, -0.2) is 15.9 Å². The van der Waals surface area contributed by atoms with Gasteiger partial charge in [0.2, 0.25) is 0 Å². The zero-order valence-electron chi connectivity index (χ0n) is 12.1. The van der Waals surface area contributed by atoms with Gasteiger partial charge in [-0.15, -0.1) is 0 Å². The van der Waals surface area contributed by atoms with Crippen molar-refractivity contribution < 1.29 is 5.11 Å². The molecule has 0 aliphatic carbocycles. The van der Waals surface area contributed by atoms with E-state index in [2.05, 4.69) is 4.99 Å². The van der Waals surface area contributed by atoms with E-state index >= 15 is 0 Å². The van der Waals surface area contributed by atoms with Crippen LogP contribution in [0.1, 0.15) is 11.3 Å². The highest BCUT2D eigenvalue weighted by molar-refractivity contribution is 6.30. The molecule has 0 aliphatic rings. The van der Waals surface area contributed by atoms with Crippen molar-refractivity contribution in [1.82, 2.24) is 4.57 Å². The summed E-state index contributed by atoms with van der Waals surface area (Å²) in [4.78, 5) is 4.53. The van der Waals surface area contributed by atoms with Gasteiger partial charge in [0.25, 0.3) is 0 Å². The van der Waals surface area contributed by atoms with Crippen LogP contribution in [0.3, 0.4) is 0 Å². The highest BCUT2D eigenvalue weighted by Gasteiger charge is 2.02. The number of aromatic nitrogens is 1. The molecular weight excluding hydrogens is 296 g/mol. The lowest BCUT2D eigenvalue weighted by Gasteiger charge is -2.06. The third kappa shape index (κ3) is 3.05. The van der Waals surface area contributed by atoms with Crippen LogP contribution < -0.4 is 0 Å². The van der Waals surface area contributed by atoms with Crippen LogP contribution in [-0.2, 0) is 0 Å². The highest BCUT2D eigenvalue weighted by atomic mass is 35.5. The molecule has 0 saturated carbocycles. The van der Waals surface area contributed by atoms with E-state index in [1.807, 2.05) is 66.4 Å². The first-order chi connectivity index (χ1) is 10.6. The summed E-state index contributed by atoms with van der Waals surface area (Å²) in [5, 5.41) is 10.1. The van der Waals surface area contributed by atoms with E-state index in [9.17, 15) is 5.11 Å². The summed E-state index contributed by atoms with van der Waals surface area (Å²) < 4.78 is 2.00. The second kappa shape index (κ2) is 6.08. The maximum absolute atomic E-state index is 9.38. The number of aryl methyl sites for hydroxylation is 1. The number of halogens is 1. The summed E-state index contributed by atoms with van der Waals surface area (Å²) in [6.07, 6.45) is 3.77.